The number of likely N-dealkylation sites (tertiary alicyclic amines) is 1. The number of nitrogens with one attached hydrogen (secondary N) is 1. The van der Waals surface area contributed by atoms with E-state index in [0.29, 0.717) is 11.5 Å². The van der Waals surface area contributed by atoms with Gasteiger partial charge in [0.25, 0.3) is 0 Å². The minimum absolute atomic E-state index is 0.183. The highest BCUT2D eigenvalue weighted by atomic mass is 19.2. The molecule has 0 saturated carbocycles. The molecule has 0 spiro atoms. The second kappa shape index (κ2) is 7.82. The van der Waals surface area contributed by atoms with Crippen molar-refractivity contribution in [2.24, 2.45) is 5.92 Å². The van der Waals surface area contributed by atoms with Crippen molar-refractivity contribution in [3.05, 3.63) is 35.4 Å². The number of benzene rings is 1. The Kier molecular flexibility index (Phi) is 6.08. The molecule has 21 heavy (non-hydrogen) atoms. The summed E-state index contributed by atoms with van der Waals surface area (Å²) < 4.78 is 27.2. The summed E-state index contributed by atoms with van der Waals surface area (Å²) in [6, 6.07) is 4.15. The fraction of sp³-hybridized carbons (Fsp3) is 0.625. The van der Waals surface area contributed by atoms with E-state index in [1.807, 2.05) is 0 Å². The van der Waals surface area contributed by atoms with Crippen molar-refractivity contribution in [2.45, 2.75) is 25.3 Å². The minimum atomic E-state index is -0.795. The molecule has 0 aromatic heterocycles. The molecule has 1 saturated heterocycles. The van der Waals surface area contributed by atoms with E-state index in [0.717, 1.165) is 45.0 Å². The maximum atomic E-state index is 13.8. The van der Waals surface area contributed by atoms with Crippen LogP contribution in [-0.2, 0) is 0 Å². The summed E-state index contributed by atoms with van der Waals surface area (Å²) in [6.45, 7) is 3.10. The highest BCUT2D eigenvalue weighted by Crippen LogP contribution is 2.24. The van der Waals surface area contributed by atoms with Crippen LogP contribution in [0.2, 0.25) is 0 Å². The van der Waals surface area contributed by atoms with Crippen LogP contribution < -0.4 is 5.32 Å². The fourth-order valence-electron chi connectivity index (χ4n) is 3.09. The van der Waals surface area contributed by atoms with Crippen molar-refractivity contribution in [1.29, 1.82) is 0 Å². The topological polar surface area (TPSA) is 35.5 Å². The third kappa shape index (κ3) is 4.22. The first-order valence-corrected chi connectivity index (χ1v) is 7.60. The lowest BCUT2D eigenvalue weighted by molar-refractivity contribution is 0.248. The molecule has 1 aliphatic heterocycles. The second-order valence-electron chi connectivity index (χ2n) is 5.74. The first kappa shape index (κ1) is 16.3. The number of aliphatic hydroxyl groups excluding tert-OH is 1. The third-order valence-electron chi connectivity index (χ3n) is 4.35. The van der Waals surface area contributed by atoms with Gasteiger partial charge in [-0.05, 0) is 51.4 Å². The zero-order chi connectivity index (χ0) is 15.2. The Balaban J connectivity index is 1.90. The molecule has 3 nitrogen and oxygen atoms in total. The molecule has 1 fully saturated rings. The van der Waals surface area contributed by atoms with Crippen LogP contribution in [0, 0.1) is 17.6 Å². The summed E-state index contributed by atoms with van der Waals surface area (Å²) in [5, 5.41) is 12.0. The van der Waals surface area contributed by atoms with Gasteiger partial charge in [0.15, 0.2) is 11.6 Å². The van der Waals surface area contributed by atoms with Crippen molar-refractivity contribution >= 4 is 0 Å². The summed E-state index contributed by atoms with van der Waals surface area (Å²) in [4.78, 5) is 2.34. The molecule has 1 aromatic carbocycles. The average Bonchev–Trinajstić information content (AvgIpc) is 2.92. The minimum Gasteiger partial charge on any atom is -0.396 e. The lowest BCUT2D eigenvalue weighted by Gasteiger charge is -2.22. The van der Waals surface area contributed by atoms with Gasteiger partial charge in [0, 0.05) is 24.8 Å². The molecular weight excluding hydrogens is 274 g/mol. The summed E-state index contributed by atoms with van der Waals surface area (Å²) in [5.74, 6) is -0.984. The number of halogens is 2. The zero-order valence-electron chi connectivity index (χ0n) is 12.5. The Morgan fingerprint density at radius 1 is 1.43 bits per heavy atom. The molecule has 0 aliphatic carbocycles. The quantitative estimate of drug-likeness (QED) is 0.811. The molecule has 0 bridgehead atoms. The van der Waals surface area contributed by atoms with E-state index in [9.17, 15) is 8.78 Å². The van der Waals surface area contributed by atoms with Crippen LogP contribution >= 0.6 is 0 Å². The molecule has 2 unspecified atom stereocenters. The molecular formula is C16H24F2N2O. The Morgan fingerprint density at radius 2 is 2.24 bits per heavy atom. The van der Waals surface area contributed by atoms with E-state index in [1.54, 1.807) is 19.2 Å². The number of nitrogens with zero attached hydrogens (tertiary/aromatic N) is 1. The normalized spacial score (nSPS) is 20.9. The first-order valence-electron chi connectivity index (χ1n) is 7.60. The van der Waals surface area contributed by atoms with Gasteiger partial charge < -0.3 is 15.3 Å². The summed E-state index contributed by atoms with van der Waals surface area (Å²) in [6.07, 6.45) is 2.70. The highest BCUT2D eigenvalue weighted by molar-refractivity contribution is 5.22. The van der Waals surface area contributed by atoms with Gasteiger partial charge in [-0.2, -0.15) is 0 Å². The van der Waals surface area contributed by atoms with Crippen LogP contribution in [-0.4, -0.2) is 43.3 Å². The fourth-order valence-corrected chi connectivity index (χ4v) is 3.09. The van der Waals surface area contributed by atoms with Crippen molar-refractivity contribution in [2.75, 3.05) is 33.3 Å². The number of aliphatic hydroxyl groups is 1. The van der Waals surface area contributed by atoms with E-state index >= 15 is 0 Å². The van der Waals surface area contributed by atoms with Crippen molar-refractivity contribution < 1.29 is 13.9 Å². The zero-order valence-corrected chi connectivity index (χ0v) is 12.5. The monoisotopic (exact) mass is 298 g/mol. The molecule has 0 amide bonds. The van der Waals surface area contributed by atoms with Crippen molar-refractivity contribution in [1.82, 2.24) is 10.2 Å². The first-order chi connectivity index (χ1) is 10.2. The molecule has 2 rings (SSSR count). The molecule has 1 aliphatic rings. The standard InChI is InChI=1S/C16H24F2N2O/c1-19-15(13-3-2-4-14(17)16(13)18)6-9-20-8-5-12(11-20)7-10-21/h2-4,12,15,19,21H,5-11H2,1H3. The van der Waals surface area contributed by atoms with Gasteiger partial charge >= 0.3 is 0 Å². The predicted molar refractivity (Wildman–Crippen MR) is 79.0 cm³/mol. The van der Waals surface area contributed by atoms with Gasteiger partial charge in [-0.1, -0.05) is 12.1 Å². The van der Waals surface area contributed by atoms with Gasteiger partial charge in [0.05, 0.1) is 0 Å². The van der Waals surface area contributed by atoms with Crippen molar-refractivity contribution in [3.63, 3.8) is 0 Å². The Bertz CT molecular complexity index is 456. The number of hydrogen-bond acceptors (Lipinski definition) is 3. The molecule has 1 heterocycles. The van der Waals surface area contributed by atoms with Crippen LogP contribution in [0.25, 0.3) is 0 Å². The van der Waals surface area contributed by atoms with E-state index in [-0.39, 0.29) is 12.6 Å². The highest BCUT2D eigenvalue weighted by Gasteiger charge is 2.23. The Labute approximate surface area is 125 Å². The maximum absolute atomic E-state index is 13.8. The molecule has 1 aromatic rings. The van der Waals surface area contributed by atoms with Crippen LogP contribution in [0.1, 0.15) is 30.9 Å². The third-order valence-corrected chi connectivity index (χ3v) is 4.35. The number of hydrogen-bond donors (Lipinski definition) is 2. The van der Waals surface area contributed by atoms with E-state index in [2.05, 4.69) is 10.2 Å². The van der Waals surface area contributed by atoms with Gasteiger partial charge in [-0.3, -0.25) is 0 Å². The Morgan fingerprint density at radius 3 is 2.95 bits per heavy atom. The van der Waals surface area contributed by atoms with E-state index in [4.69, 9.17) is 5.11 Å². The SMILES string of the molecule is CNC(CCN1CCC(CCO)C1)c1cccc(F)c1F. The molecule has 0 radical (unpaired) electrons. The van der Waals surface area contributed by atoms with Crippen LogP contribution in [0.5, 0.6) is 0 Å². The molecule has 2 N–H and O–H groups in total. The summed E-state index contributed by atoms with van der Waals surface area (Å²) in [7, 11) is 1.77. The van der Waals surface area contributed by atoms with Gasteiger partial charge in [-0.25, -0.2) is 8.78 Å². The average molecular weight is 298 g/mol. The molecule has 118 valence electrons. The number of rotatable bonds is 7. The Hall–Kier alpha value is -1.04. The lowest BCUT2D eigenvalue weighted by Crippen LogP contribution is -2.27. The maximum Gasteiger partial charge on any atom is 0.163 e. The van der Waals surface area contributed by atoms with Crippen molar-refractivity contribution in [3.8, 4) is 0 Å². The van der Waals surface area contributed by atoms with Crippen LogP contribution in [0.3, 0.4) is 0 Å². The van der Waals surface area contributed by atoms with Gasteiger partial charge in [-0.15, -0.1) is 0 Å². The van der Waals surface area contributed by atoms with Gasteiger partial charge in [0.2, 0.25) is 0 Å². The van der Waals surface area contributed by atoms with Crippen LogP contribution in [0.15, 0.2) is 18.2 Å². The summed E-state index contributed by atoms with van der Waals surface area (Å²) in [5.41, 5.74) is 0.392. The summed E-state index contributed by atoms with van der Waals surface area (Å²) >= 11 is 0. The lowest BCUT2D eigenvalue weighted by atomic mass is 10.0. The van der Waals surface area contributed by atoms with Crippen LogP contribution in [0.4, 0.5) is 8.78 Å². The van der Waals surface area contributed by atoms with E-state index < -0.39 is 11.6 Å². The molecule has 2 atom stereocenters. The smallest absolute Gasteiger partial charge is 0.163 e. The predicted octanol–water partition coefficient (Wildman–Crippen LogP) is 2.32. The largest absolute Gasteiger partial charge is 0.396 e. The van der Waals surface area contributed by atoms with E-state index in [1.165, 1.54) is 0 Å². The molecule has 5 heteroatoms. The van der Waals surface area contributed by atoms with Gasteiger partial charge in [0.1, 0.15) is 0 Å². The second-order valence-corrected chi connectivity index (χ2v) is 5.74.